The van der Waals surface area contributed by atoms with E-state index in [4.69, 9.17) is 2.74 Å². The van der Waals surface area contributed by atoms with E-state index in [9.17, 15) is 24.5 Å². The largest absolute Gasteiger partial charge is 0.311 e. The van der Waals surface area contributed by atoms with E-state index in [1.807, 2.05) is 146 Å². The molecular weight excluding hydrogens is 1300 g/mol. The Morgan fingerprint density at radius 2 is 0.692 bits per heavy atom. The predicted molar refractivity (Wildman–Crippen MR) is 451 cm³/mol. The highest BCUT2D eigenvalue weighted by atomic mass is 15.2. The summed E-state index contributed by atoms with van der Waals surface area (Å²) in [6.07, 6.45) is 0. The molecule has 0 amide bonds. The van der Waals surface area contributed by atoms with Gasteiger partial charge in [0.25, 0.3) is 6.71 Å². The highest BCUT2D eigenvalue weighted by molar-refractivity contribution is 7.00. The predicted octanol–water partition coefficient (Wildman–Crippen LogP) is 24.0. The van der Waals surface area contributed by atoms with E-state index >= 15 is 0 Å². The lowest BCUT2D eigenvalue weighted by atomic mass is 9.33. The second-order valence-electron chi connectivity index (χ2n) is 30.0. The van der Waals surface area contributed by atoms with E-state index in [1.165, 1.54) is 9.13 Å². The van der Waals surface area contributed by atoms with Crippen LogP contribution in [0.15, 0.2) is 327 Å². The lowest BCUT2D eigenvalue weighted by Gasteiger charge is -2.45. The zero-order chi connectivity index (χ0) is 85.6. The van der Waals surface area contributed by atoms with Crippen LogP contribution in [0.1, 0.15) is 80.2 Å². The first kappa shape index (κ1) is 47.8. The maximum absolute atomic E-state index is 12.7. The Hall–Kier alpha value is -13.3. The van der Waals surface area contributed by atoms with E-state index in [1.54, 1.807) is 0 Å². The highest BCUT2D eigenvalue weighted by Gasteiger charge is 2.45. The van der Waals surface area contributed by atoms with Gasteiger partial charge in [-0.2, -0.15) is 5.26 Å². The standard InChI is InChI=1S/C99H72BN7/c1-98(2,3)66-44-50-91-78(55-66)79-56-67(99(4,5)6)45-51-92(79)103(91)69-47-49-82-94(58-69)107(90-43-25-42-89(80(90)61-101)106-87-40-23-17-34-76(87)77-35-18-24-41-88(77)106)96-60-71(104-85-38-21-15-32-74(85)75-33-16-22-39-86(75)104)59-95-97(96)100(82)81-48-46-68(102-83-36-19-13-30-72(83)73-31-14-20-37-84(73)102)57-93(81)105(95)70-53-64(62-26-9-7-10-27-62)52-65(54-70)63-28-11-8-12-29-63/h7-60H,1-6H3/i13D,14D,15D,16D,19D,20D,21D,22D,30D,31D,32D,33D,36D,37D,38D,39D. The molecule has 4 aromatic heterocycles. The molecule has 0 N–H and O–H groups in total. The van der Waals surface area contributed by atoms with Crippen LogP contribution in [0.5, 0.6) is 0 Å². The van der Waals surface area contributed by atoms with Crippen molar-refractivity contribution in [1.29, 1.82) is 5.26 Å². The van der Waals surface area contributed by atoms with Crippen molar-refractivity contribution in [1.82, 2.24) is 18.3 Å². The molecule has 19 aromatic rings. The van der Waals surface area contributed by atoms with Crippen molar-refractivity contribution >= 4 is 144 Å². The molecule has 506 valence electrons. The first-order valence-corrected chi connectivity index (χ1v) is 35.9. The lowest BCUT2D eigenvalue weighted by molar-refractivity contribution is 0.590. The van der Waals surface area contributed by atoms with Crippen LogP contribution in [0, 0.1) is 11.3 Å². The van der Waals surface area contributed by atoms with Crippen molar-refractivity contribution in [3.8, 4) is 51.1 Å². The minimum atomic E-state index is -0.857. The summed E-state index contributed by atoms with van der Waals surface area (Å²) in [6.45, 7) is 12.4. The van der Waals surface area contributed by atoms with Crippen LogP contribution in [0.2, 0.25) is 0 Å². The second-order valence-corrected chi connectivity index (χ2v) is 30.0. The number of fused-ring (bicyclic) bond motifs is 16. The average Bonchev–Trinajstić information content (AvgIpc) is 1.66. The van der Waals surface area contributed by atoms with Gasteiger partial charge in [0.1, 0.15) is 11.6 Å². The molecule has 107 heavy (non-hydrogen) atoms. The number of rotatable bonds is 8. The van der Waals surface area contributed by atoms with Gasteiger partial charge >= 0.3 is 0 Å². The summed E-state index contributed by atoms with van der Waals surface area (Å²) in [7, 11) is 0. The number of para-hydroxylation sites is 6. The molecule has 0 spiro atoms. The summed E-state index contributed by atoms with van der Waals surface area (Å²) in [5, 5.41) is 16.1. The van der Waals surface area contributed by atoms with Crippen LogP contribution in [0.4, 0.5) is 34.1 Å². The Labute approximate surface area is 644 Å². The monoisotopic (exact) mass is 1390 g/mol. The molecule has 0 unspecified atom stereocenters. The highest BCUT2D eigenvalue weighted by Crippen LogP contribution is 2.51. The summed E-state index contributed by atoms with van der Waals surface area (Å²) in [5.74, 6) is 0. The Balaban J connectivity index is 0.975. The van der Waals surface area contributed by atoms with Gasteiger partial charge in [0, 0.05) is 82.9 Å². The molecular formula is C99H72BN7. The minimum Gasteiger partial charge on any atom is -0.311 e. The Kier molecular flexibility index (Phi) is 10.4. The van der Waals surface area contributed by atoms with E-state index in [-0.39, 0.29) is 71.4 Å². The number of nitriles is 1. The molecule has 2 aliphatic heterocycles. The van der Waals surface area contributed by atoms with Crippen molar-refractivity contribution in [2.24, 2.45) is 0 Å². The molecule has 7 nitrogen and oxygen atoms in total. The van der Waals surface area contributed by atoms with Gasteiger partial charge in [0.2, 0.25) is 0 Å². The first-order valence-electron chi connectivity index (χ1n) is 43.9. The topological polar surface area (TPSA) is 50.0 Å². The number of benzene rings is 15. The quantitative estimate of drug-likeness (QED) is 0.142. The Morgan fingerprint density at radius 3 is 1.17 bits per heavy atom. The molecule has 2 aliphatic rings. The third kappa shape index (κ3) is 9.40. The van der Waals surface area contributed by atoms with Crippen LogP contribution in [-0.4, -0.2) is 25.0 Å². The fourth-order valence-corrected chi connectivity index (χ4v) is 17.0. The van der Waals surface area contributed by atoms with Crippen LogP contribution in [0.25, 0.3) is 132 Å². The van der Waals surface area contributed by atoms with E-state index in [2.05, 4.69) is 151 Å². The minimum absolute atomic E-state index is 0.106. The maximum Gasteiger partial charge on any atom is 0.252 e. The Bertz CT molecular complexity index is 7690. The van der Waals surface area contributed by atoms with Gasteiger partial charge in [-0.25, -0.2) is 0 Å². The Morgan fingerprint density at radius 1 is 0.290 bits per heavy atom. The number of nitrogens with zero attached hydrogens (tertiary/aromatic N) is 7. The van der Waals surface area contributed by atoms with Crippen molar-refractivity contribution < 1.29 is 21.9 Å². The summed E-state index contributed by atoms with van der Waals surface area (Å²) in [4.78, 5) is 4.17. The molecule has 0 bridgehead atoms. The summed E-state index contributed by atoms with van der Waals surface area (Å²) < 4.78 is 161. The fourth-order valence-electron chi connectivity index (χ4n) is 17.0. The van der Waals surface area contributed by atoms with Gasteiger partial charge in [-0.1, -0.05) is 241 Å². The summed E-state index contributed by atoms with van der Waals surface area (Å²) in [6, 6.07) is 70.8. The van der Waals surface area contributed by atoms with Gasteiger partial charge in [-0.15, -0.1) is 0 Å². The normalized spacial score (nSPS) is 15.0. The number of hydrogen-bond donors (Lipinski definition) is 0. The molecule has 8 heteroatoms. The zero-order valence-corrected chi connectivity index (χ0v) is 59.1. The molecule has 15 aromatic carbocycles. The van der Waals surface area contributed by atoms with Crippen molar-refractivity contribution in [3.63, 3.8) is 0 Å². The third-order valence-electron chi connectivity index (χ3n) is 21.9. The molecule has 0 saturated heterocycles. The van der Waals surface area contributed by atoms with Crippen LogP contribution in [0.3, 0.4) is 0 Å². The van der Waals surface area contributed by atoms with Crippen molar-refractivity contribution in [3.05, 3.63) is 344 Å². The number of anilines is 6. The van der Waals surface area contributed by atoms with Gasteiger partial charge < -0.3 is 28.1 Å². The van der Waals surface area contributed by atoms with Crippen LogP contribution < -0.4 is 26.2 Å². The van der Waals surface area contributed by atoms with Crippen molar-refractivity contribution in [2.45, 2.75) is 52.4 Å². The fraction of sp³-hybridized carbons (Fsp3) is 0.0808. The van der Waals surface area contributed by atoms with Crippen molar-refractivity contribution in [2.75, 3.05) is 9.80 Å². The van der Waals surface area contributed by atoms with Crippen LogP contribution in [-0.2, 0) is 10.8 Å². The molecule has 21 rings (SSSR count). The number of hydrogen-bond acceptors (Lipinski definition) is 3. The van der Waals surface area contributed by atoms with E-state index in [0.717, 1.165) is 88.1 Å². The molecule has 0 aliphatic carbocycles. The van der Waals surface area contributed by atoms with Gasteiger partial charge in [-0.05, 0) is 188 Å². The van der Waals surface area contributed by atoms with Gasteiger partial charge in [0.05, 0.1) is 83.1 Å². The first-order chi connectivity index (χ1) is 59.0. The smallest absolute Gasteiger partial charge is 0.252 e. The van der Waals surface area contributed by atoms with E-state index in [0.29, 0.717) is 50.7 Å². The second kappa shape index (κ2) is 23.3. The van der Waals surface area contributed by atoms with Gasteiger partial charge in [0.15, 0.2) is 0 Å². The molecule has 6 heterocycles. The summed E-state index contributed by atoms with van der Waals surface area (Å²) in [5.41, 5.74) is 14.9. The molecule has 0 radical (unpaired) electrons. The summed E-state index contributed by atoms with van der Waals surface area (Å²) >= 11 is 0. The third-order valence-corrected chi connectivity index (χ3v) is 21.9. The maximum atomic E-state index is 12.7. The molecule has 0 saturated carbocycles. The van der Waals surface area contributed by atoms with Gasteiger partial charge in [-0.3, -0.25) is 0 Å². The molecule has 0 fully saturated rings. The zero-order valence-electron chi connectivity index (χ0n) is 75.1. The average molecular weight is 1390 g/mol. The SMILES string of the molecule is [2H]c1c([2H])c([2H])c2c(c1[2H])c1c([2H])c([2H])c([2H])c([2H])c1n2-c1ccc2c(c1)N(c1cc(-c3ccccc3)cc(-c3ccccc3)c1)c1cc(-n3c4c([2H])c([2H])c([2H])c([2H])c4c4c([2H])c([2H])c([2H])c([2H])c43)cc3c1B2c1ccc(-n2c4ccc(C(C)(C)C)cc4c4cc(C(C)(C)C)ccc42)cc1N3c1cccc(-n2c3ccccc3c3ccccc32)c1C#N. The molecule has 0 atom stereocenters. The van der Waals surface area contributed by atoms with Crippen LogP contribution >= 0.6 is 0 Å². The van der Waals surface area contributed by atoms with E-state index < -0.39 is 103 Å². The number of aromatic nitrogens is 4. The lowest BCUT2D eigenvalue weighted by Crippen LogP contribution is -2.61.